The van der Waals surface area contributed by atoms with E-state index in [0.717, 1.165) is 18.5 Å². The molecule has 0 aliphatic rings. The zero-order valence-corrected chi connectivity index (χ0v) is 14.3. The molecule has 7 heteroatoms. The van der Waals surface area contributed by atoms with Crippen LogP contribution in [-0.2, 0) is 0 Å². The Kier molecular flexibility index (Phi) is 6.90. The topological polar surface area (TPSA) is 90.4 Å². The number of nitrogens with two attached hydrogens (primary N) is 1. The van der Waals surface area contributed by atoms with Crippen LogP contribution in [0.3, 0.4) is 0 Å². The number of hydrogen-bond acceptors (Lipinski definition) is 5. The van der Waals surface area contributed by atoms with Crippen molar-refractivity contribution >= 4 is 29.7 Å². The molecule has 0 atom stereocenters. The minimum Gasteiger partial charge on any atom is -0.497 e. The van der Waals surface area contributed by atoms with Crippen molar-refractivity contribution in [3.8, 4) is 5.75 Å². The molecule has 1 heterocycles. The number of nitrogen functional groups attached to an aromatic ring is 1. The first-order chi connectivity index (χ1) is 10.6. The van der Waals surface area contributed by atoms with Crippen molar-refractivity contribution in [2.24, 2.45) is 0 Å². The highest BCUT2D eigenvalue weighted by Gasteiger charge is 2.18. The van der Waals surface area contributed by atoms with E-state index in [2.05, 4.69) is 24.3 Å². The highest BCUT2D eigenvalue weighted by atomic mass is 35.5. The van der Waals surface area contributed by atoms with Crippen molar-refractivity contribution in [2.75, 3.05) is 18.2 Å². The zero-order chi connectivity index (χ0) is 16.1. The van der Waals surface area contributed by atoms with E-state index in [0.29, 0.717) is 23.0 Å². The molecule has 0 saturated heterocycles. The molecule has 0 unspecified atom stereocenters. The number of halogens is 1. The van der Waals surface area contributed by atoms with Crippen molar-refractivity contribution in [1.29, 1.82) is 0 Å². The fourth-order valence-electron chi connectivity index (χ4n) is 2.25. The molecule has 0 bridgehead atoms. The second-order valence-electron chi connectivity index (χ2n) is 5.04. The summed E-state index contributed by atoms with van der Waals surface area (Å²) in [7, 11) is 1.55. The molecular weight excluding hydrogens is 318 g/mol. The lowest BCUT2D eigenvalue weighted by Gasteiger charge is -2.08. The van der Waals surface area contributed by atoms with E-state index >= 15 is 0 Å². The molecule has 23 heavy (non-hydrogen) atoms. The maximum atomic E-state index is 12.2. The van der Waals surface area contributed by atoms with Crippen LogP contribution in [0.5, 0.6) is 5.75 Å². The minimum atomic E-state index is -0.385. The molecule has 0 saturated carbocycles. The van der Waals surface area contributed by atoms with Gasteiger partial charge in [0.15, 0.2) is 0 Å². The summed E-state index contributed by atoms with van der Waals surface area (Å²) in [5.74, 6) is 0.695. The maximum absolute atomic E-state index is 12.2. The van der Waals surface area contributed by atoms with E-state index in [-0.39, 0.29) is 24.1 Å². The molecule has 0 spiro atoms. The van der Waals surface area contributed by atoms with Crippen LogP contribution in [0, 0.1) is 0 Å². The largest absolute Gasteiger partial charge is 0.497 e. The zero-order valence-electron chi connectivity index (χ0n) is 13.5. The fraction of sp³-hybridized carbons (Fsp3) is 0.375. The molecule has 0 aliphatic heterocycles. The lowest BCUT2D eigenvalue weighted by Crippen LogP contribution is -2.12. The van der Waals surface area contributed by atoms with Gasteiger partial charge in [-0.05, 0) is 25.0 Å². The van der Waals surface area contributed by atoms with Crippen molar-refractivity contribution in [2.45, 2.75) is 32.6 Å². The second-order valence-corrected chi connectivity index (χ2v) is 5.04. The standard InChI is InChI=1S/C16H21N3O3.ClH/c1-4-10(5-2)13-9-15(22-19-13)16(20)18-14-8-11(21-3)6-7-12(14)17;/h6-10H,4-5,17H2,1-3H3,(H,18,20);1H. The first kappa shape index (κ1) is 18.8. The molecule has 1 aromatic carbocycles. The maximum Gasteiger partial charge on any atom is 0.294 e. The Morgan fingerprint density at radius 1 is 1.35 bits per heavy atom. The van der Waals surface area contributed by atoms with E-state index in [1.54, 1.807) is 31.4 Å². The van der Waals surface area contributed by atoms with Gasteiger partial charge in [0, 0.05) is 18.1 Å². The minimum absolute atomic E-state index is 0. The Labute approximate surface area is 141 Å². The molecule has 3 N–H and O–H groups in total. The van der Waals surface area contributed by atoms with Gasteiger partial charge in [0.2, 0.25) is 5.76 Å². The molecule has 0 fully saturated rings. The summed E-state index contributed by atoms with van der Waals surface area (Å²) in [5, 5.41) is 6.70. The van der Waals surface area contributed by atoms with Gasteiger partial charge >= 0.3 is 0 Å². The van der Waals surface area contributed by atoms with Crippen molar-refractivity contribution in [3.63, 3.8) is 0 Å². The molecular formula is C16H22ClN3O3. The van der Waals surface area contributed by atoms with Crippen LogP contribution in [0.25, 0.3) is 0 Å². The third-order valence-electron chi connectivity index (χ3n) is 3.66. The second kappa shape index (κ2) is 8.43. The number of nitrogens with zero attached hydrogens (tertiary/aromatic N) is 1. The molecule has 1 aromatic heterocycles. The van der Waals surface area contributed by atoms with Gasteiger partial charge in [0.25, 0.3) is 5.91 Å². The van der Waals surface area contributed by atoms with E-state index in [1.165, 1.54) is 0 Å². The van der Waals surface area contributed by atoms with Crippen LogP contribution in [0.2, 0.25) is 0 Å². The highest BCUT2D eigenvalue weighted by molar-refractivity contribution is 6.04. The van der Waals surface area contributed by atoms with Gasteiger partial charge in [-0.25, -0.2) is 0 Å². The first-order valence-electron chi connectivity index (χ1n) is 7.30. The van der Waals surface area contributed by atoms with Gasteiger partial charge in [-0.1, -0.05) is 19.0 Å². The first-order valence-corrected chi connectivity index (χ1v) is 7.30. The van der Waals surface area contributed by atoms with Gasteiger partial charge in [-0.2, -0.15) is 0 Å². The van der Waals surface area contributed by atoms with E-state index in [4.69, 9.17) is 15.0 Å². The van der Waals surface area contributed by atoms with Crippen LogP contribution in [-0.4, -0.2) is 18.2 Å². The van der Waals surface area contributed by atoms with Gasteiger partial charge < -0.3 is 20.3 Å². The van der Waals surface area contributed by atoms with E-state index < -0.39 is 0 Å². The van der Waals surface area contributed by atoms with Crippen molar-refractivity contribution in [3.05, 3.63) is 35.7 Å². The van der Waals surface area contributed by atoms with Crippen LogP contribution in [0.1, 0.15) is 48.9 Å². The number of carbonyl (C=O) groups excluding carboxylic acids is 1. The summed E-state index contributed by atoms with van der Waals surface area (Å²) in [5.41, 5.74) is 7.58. The van der Waals surface area contributed by atoms with Crippen LogP contribution >= 0.6 is 12.4 Å². The Bertz CT molecular complexity index is 654. The predicted octanol–water partition coefficient (Wildman–Crippen LogP) is 3.84. The number of carbonyl (C=O) groups is 1. The molecule has 0 radical (unpaired) electrons. The number of hydrogen-bond donors (Lipinski definition) is 2. The quantitative estimate of drug-likeness (QED) is 0.780. The van der Waals surface area contributed by atoms with Gasteiger partial charge in [-0.15, -0.1) is 12.4 Å². The molecule has 2 aromatic rings. The monoisotopic (exact) mass is 339 g/mol. The lowest BCUT2D eigenvalue weighted by atomic mass is 9.99. The number of benzene rings is 1. The molecule has 126 valence electrons. The average molecular weight is 340 g/mol. The Morgan fingerprint density at radius 2 is 2.04 bits per heavy atom. The number of amides is 1. The SMILES string of the molecule is CCC(CC)c1cc(C(=O)Nc2cc(OC)ccc2N)on1.Cl. The number of rotatable bonds is 6. The number of ether oxygens (including phenoxy) is 1. The Balaban J connectivity index is 0.00000264. The third kappa shape index (κ3) is 4.39. The van der Waals surface area contributed by atoms with Crippen LogP contribution in [0.4, 0.5) is 11.4 Å². The van der Waals surface area contributed by atoms with E-state index in [1.807, 2.05) is 0 Å². The fourth-order valence-corrected chi connectivity index (χ4v) is 2.25. The summed E-state index contributed by atoms with van der Waals surface area (Å²) in [6, 6.07) is 6.74. The van der Waals surface area contributed by atoms with Gasteiger partial charge in [0.1, 0.15) is 5.75 Å². The highest BCUT2D eigenvalue weighted by Crippen LogP contribution is 2.26. The van der Waals surface area contributed by atoms with Crippen LogP contribution in [0.15, 0.2) is 28.8 Å². The molecule has 2 rings (SSSR count). The average Bonchev–Trinajstić information content (AvgIpc) is 3.00. The predicted molar refractivity (Wildman–Crippen MR) is 92.4 cm³/mol. The number of aromatic nitrogens is 1. The Hall–Kier alpha value is -2.21. The smallest absolute Gasteiger partial charge is 0.294 e. The lowest BCUT2D eigenvalue weighted by molar-refractivity contribution is 0.0988. The van der Waals surface area contributed by atoms with Crippen molar-refractivity contribution in [1.82, 2.24) is 5.16 Å². The number of anilines is 2. The third-order valence-corrected chi connectivity index (χ3v) is 3.66. The molecule has 1 amide bonds. The summed E-state index contributed by atoms with van der Waals surface area (Å²) < 4.78 is 10.3. The summed E-state index contributed by atoms with van der Waals surface area (Å²) in [4.78, 5) is 12.2. The number of nitrogens with one attached hydrogen (secondary N) is 1. The normalized spacial score (nSPS) is 10.3. The summed E-state index contributed by atoms with van der Waals surface area (Å²) >= 11 is 0. The Morgan fingerprint density at radius 3 is 2.65 bits per heavy atom. The number of methoxy groups -OCH3 is 1. The van der Waals surface area contributed by atoms with Gasteiger partial charge in [0.05, 0.1) is 24.2 Å². The molecule has 6 nitrogen and oxygen atoms in total. The van der Waals surface area contributed by atoms with Crippen LogP contribution < -0.4 is 15.8 Å². The van der Waals surface area contributed by atoms with Crippen molar-refractivity contribution < 1.29 is 14.1 Å². The van der Waals surface area contributed by atoms with E-state index in [9.17, 15) is 4.79 Å². The summed E-state index contributed by atoms with van der Waals surface area (Å²) in [6.07, 6.45) is 1.90. The van der Waals surface area contributed by atoms with Gasteiger partial charge in [-0.3, -0.25) is 4.79 Å². The molecule has 0 aliphatic carbocycles. The summed E-state index contributed by atoms with van der Waals surface area (Å²) in [6.45, 7) is 4.17.